The van der Waals surface area contributed by atoms with Gasteiger partial charge in [0.05, 0.1) is 5.56 Å². The number of likely N-dealkylation sites (N-methyl/N-ethyl adjacent to an activating group) is 1. The number of nitrogens with zero attached hydrogens (tertiary/aromatic N) is 3. The maximum Gasteiger partial charge on any atom is 0.257 e. The van der Waals surface area contributed by atoms with Crippen molar-refractivity contribution in [3.63, 3.8) is 0 Å². The summed E-state index contributed by atoms with van der Waals surface area (Å²) in [6, 6.07) is 10.7. The molecule has 1 aliphatic rings. The van der Waals surface area contributed by atoms with Crippen LogP contribution in [-0.2, 0) is 4.79 Å². The molecule has 7 heteroatoms. The number of anilines is 3. The van der Waals surface area contributed by atoms with Gasteiger partial charge in [0.2, 0.25) is 5.91 Å². The van der Waals surface area contributed by atoms with Gasteiger partial charge in [-0.1, -0.05) is 0 Å². The summed E-state index contributed by atoms with van der Waals surface area (Å²) in [7, 11) is 2.11. The molecule has 26 heavy (non-hydrogen) atoms. The number of pyridine rings is 1. The molecule has 0 bridgehead atoms. The predicted octanol–water partition coefficient (Wildman–Crippen LogP) is 2.04. The number of carbonyl (C=O) groups is 2. The highest BCUT2D eigenvalue weighted by atomic mass is 16.2. The summed E-state index contributed by atoms with van der Waals surface area (Å²) >= 11 is 0. The molecule has 0 aliphatic carbocycles. The number of carbonyl (C=O) groups excluding carboxylic acids is 2. The fourth-order valence-electron chi connectivity index (χ4n) is 2.79. The van der Waals surface area contributed by atoms with Crippen molar-refractivity contribution >= 4 is 29.0 Å². The lowest BCUT2D eigenvalue weighted by molar-refractivity contribution is -0.114. The van der Waals surface area contributed by atoms with Crippen molar-refractivity contribution in [3.05, 3.63) is 48.2 Å². The summed E-state index contributed by atoms with van der Waals surface area (Å²) in [6.07, 6.45) is 1.61. The molecule has 2 aromatic rings. The predicted molar refractivity (Wildman–Crippen MR) is 103 cm³/mol. The third kappa shape index (κ3) is 4.58. The van der Waals surface area contributed by atoms with Crippen LogP contribution in [0.25, 0.3) is 0 Å². The lowest BCUT2D eigenvalue weighted by Gasteiger charge is -2.33. The quantitative estimate of drug-likeness (QED) is 0.880. The van der Waals surface area contributed by atoms with Gasteiger partial charge in [-0.15, -0.1) is 0 Å². The van der Waals surface area contributed by atoms with E-state index < -0.39 is 0 Å². The van der Waals surface area contributed by atoms with Crippen LogP contribution in [0.1, 0.15) is 17.3 Å². The Bertz CT molecular complexity index is 766. The first-order chi connectivity index (χ1) is 12.5. The minimum atomic E-state index is -0.213. The van der Waals surface area contributed by atoms with E-state index in [1.54, 1.807) is 36.5 Å². The first kappa shape index (κ1) is 17.9. The molecule has 1 aromatic carbocycles. The van der Waals surface area contributed by atoms with Crippen molar-refractivity contribution < 1.29 is 9.59 Å². The summed E-state index contributed by atoms with van der Waals surface area (Å²) in [6.45, 7) is 5.36. The monoisotopic (exact) mass is 353 g/mol. The second-order valence-corrected chi connectivity index (χ2v) is 6.41. The van der Waals surface area contributed by atoms with Gasteiger partial charge in [-0.3, -0.25) is 9.59 Å². The Balaban J connectivity index is 1.60. The van der Waals surface area contributed by atoms with Crippen molar-refractivity contribution in [1.29, 1.82) is 0 Å². The molecule has 1 aromatic heterocycles. The Labute approximate surface area is 153 Å². The summed E-state index contributed by atoms with van der Waals surface area (Å²) in [5.41, 5.74) is 1.86. The average molecular weight is 353 g/mol. The number of hydrogen-bond acceptors (Lipinski definition) is 5. The van der Waals surface area contributed by atoms with Gasteiger partial charge in [0.25, 0.3) is 5.91 Å². The highest BCUT2D eigenvalue weighted by Crippen LogP contribution is 2.16. The van der Waals surface area contributed by atoms with Gasteiger partial charge >= 0.3 is 0 Å². The van der Waals surface area contributed by atoms with E-state index in [1.807, 2.05) is 6.07 Å². The zero-order valence-electron chi connectivity index (χ0n) is 15.0. The van der Waals surface area contributed by atoms with Gasteiger partial charge in [-0.05, 0) is 43.4 Å². The lowest BCUT2D eigenvalue weighted by Crippen LogP contribution is -2.44. The molecule has 0 saturated carbocycles. The largest absolute Gasteiger partial charge is 0.354 e. The van der Waals surface area contributed by atoms with Crippen LogP contribution in [-0.4, -0.2) is 54.9 Å². The van der Waals surface area contributed by atoms with Crippen molar-refractivity contribution in [2.75, 3.05) is 48.8 Å². The number of hydrogen-bond donors (Lipinski definition) is 2. The van der Waals surface area contributed by atoms with E-state index in [9.17, 15) is 9.59 Å². The van der Waals surface area contributed by atoms with Crippen LogP contribution in [0.5, 0.6) is 0 Å². The van der Waals surface area contributed by atoms with Crippen LogP contribution in [0, 0.1) is 0 Å². The normalized spacial score (nSPS) is 14.8. The van der Waals surface area contributed by atoms with Crippen LogP contribution in [0.2, 0.25) is 0 Å². The van der Waals surface area contributed by atoms with Crippen molar-refractivity contribution in [2.24, 2.45) is 0 Å². The Morgan fingerprint density at radius 1 is 0.923 bits per heavy atom. The number of benzene rings is 1. The number of rotatable bonds is 4. The minimum Gasteiger partial charge on any atom is -0.354 e. The maximum absolute atomic E-state index is 12.4. The SMILES string of the molecule is CC(=O)Nc1ccc(NC(=O)c2ccc(N3CCN(C)CC3)nc2)cc1. The fourth-order valence-corrected chi connectivity index (χ4v) is 2.79. The Kier molecular flexibility index (Phi) is 5.48. The van der Waals surface area contributed by atoms with E-state index in [0.29, 0.717) is 16.9 Å². The number of nitrogens with one attached hydrogen (secondary N) is 2. The standard InChI is InChI=1S/C19H23N5O2/c1-14(25)21-16-4-6-17(7-5-16)22-19(26)15-3-8-18(20-13-15)24-11-9-23(2)10-12-24/h3-8,13H,9-12H2,1-2H3,(H,21,25)(H,22,26). The second kappa shape index (κ2) is 7.97. The molecule has 2 amide bonds. The summed E-state index contributed by atoms with van der Waals surface area (Å²) < 4.78 is 0. The molecule has 3 rings (SSSR count). The first-order valence-electron chi connectivity index (χ1n) is 8.60. The number of piperazine rings is 1. The molecule has 1 aliphatic heterocycles. The maximum atomic E-state index is 12.4. The zero-order valence-corrected chi connectivity index (χ0v) is 15.0. The van der Waals surface area contributed by atoms with Gasteiger partial charge in [0.1, 0.15) is 5.82 Å². The van der Waals surface area contributed by atoms with E-state index in [2.05, 4.69) is 32.5 Å². The third-order valence-corrected chi connectivity index (χ3v) is 4.30. The highest BCUT2D eigenvalue weighted by Gasteiger charge is 2.15. The van der Waals surface area contributed by atoms with E-state index in [1.165, 1.54) is 6.92 Å². The van der Waals surface area contributed by atoms with Crippen LogP contribution in [0.3, 0.4) is 0 Å². The zero-order chi connectivity index (χ0) is 18.5. The lowest BCUT2D eigenvalue weighted by atomic mass is 10.2. The molecule has 1 saturated heterocycles. The Morgan fingerprint density at radius 2 is 1.54 bits per heavy atom. The average Bonchev–Trinajstić information content (AvgIpc) is 2.64. The van der Waals surface area contributed by atoms with Gasteiger partial charge in [-0.25, -0.2) is 4.98 Å². The van der Waals surface area contributed by atoms with Crippen molar-refractivity contribution in [2.45, 2.75) is 6.92 Å². The molecular weight excluding hydrogens is 330 g/mol. The molecular formula is C19H23N5O2. The molecule has 2 N–H and O–H groups in total. The highest BCUT2D eigenvalue weighted by molar-refractivity contribution is 6.04. The summed E-state index contributed by atoms with van der Waals surface area (Å²) in [5.74, 6) is 0.553. The van der Waals surface area contributed by atoms with Crippen LogP contribution >= 0.6 is 0 Å². The molecule has 2 heterocycles. The van der Waals surface area contributed by atoms with Gasteiger partial charge in [-0.2, -0.15) is 0 Å². The minimum absolute atomic E-state index is 0.131. The van der Waals surface area contributed by atoms with E-state index in [0.717, 1.165) is 32.0 Å². The fraction of sp³-hybridized carbons (Fsp3) is 0.316. The molecule has 7 nitrogen and oxygen atoms in total. The van der Waals surface area contributed by atoms with Crippen LogP contribution in [0.4, 0.5) is 17.2 Å². The topological polar surface area (TPSA) is 77.6 Å². The number of aromatic nitrogens is 1. The summed E-state index contributed by atoms with van der Waals surface area (Å²) in [4.78, 5) is 32.3. The van der Waals surface area contributed by atoms with Crippen LogP contribution < -0.4 is 15.5 Å². The molecule has 0 atom stereocenters. The molecule has 0 spiro atoms. The van der Waals surface area contributed by atoms with Crippen molar-refractivity contribution in [3.8, 4) is 0 Å². The smallest absolute Gasteiger partial charge is 0.257 e. The second-order valence-electron chi connectivity index (χ2n) is 6.41. The molecule has 136 valence electrons. The van der Waals surface area contributed by atoms with E-state index in [-0.39, 0.29) is 11.8 Å². The van der Waals surface area contributed by atoms with Gasteiger partial charge in [0.15, 0.2) is 0 Å². The Hall–Kier alpha value is -2.93. The summed E-state index contributed by atoms with van der Waals surface area (Å²) in [5, 5.41) is 5.52. The van der Waals surface area contributed by atoms with E-state index in [4.69, 9.17) is 0 Å². The third-order valence-electron chi connectivity index (χ3n) is 4.30. The van der Waals surface area contributed by atoms with E-state index >= 15 is 0 Å². The molecule has 0 unspecified atom stereocenters. The van der Waals surface area contributed by atoms with Gasteiger partial charge < -0.3 is 20.4 Å². The molecule has 0 radical (unpaired) electrons. The Morgan fingerprint density at radius 3 is 2.08 bits per heavy atom. The van der Waals surface area contributed by atoms with Crippen LogP contribution in [0.15, 0.2) is 42.6 Å². The molecule has 1 fully saturated rings. The number of amides is 2. The first-order valence-corrected chi connectivity index (χ1v) is 8.60. The van der Waals surface area contributed by atoms with Gasteiger partial charge in [0, 0.05) is 50.7 Å². The van der Waals surface area contributed by atoms with Crippen molar-refractivity contribution in [1.82, 2.24) is 9.88 Å².